The van der Waals surface area contributed by atoms with Gasteiger partial charge in [-0.2, -0.15) is 0 Å². The molecule has 0 radical (unpaired) electrons. The maximum absolute atomic E-state index is 5.44. The van der Waals surface area contributed by atoms with E-state index in [0.29, 0.717) is 5.11 Å². The van der Waals surface area contributed by atoms with E-state index in [9.17, 15) is 0 Å². The van der Waals surface area contributed by atoms with Crippen molar-refractivity contribution >= 4 is 33.9 Å². The topological polar surface area (TPSA) is 49.1 Å². The lowest BCUT2D eigenvalue weighted by Gasteiger charge is -2.13. The second kappa shape index (κ2) is 7.79. The molecule has 3 N–H and O–H groups in total. The van der Waals surface area contributed by atoms with E-state index in [2.05, 4.69) is 66.7 Å². The quantitative estimate of drug-likeness (QED) is 0.576. The van der Waals surface area contributed by atoms with Gasteiger partial charge in [0.15, 0.2) is 5.11 Å². The molecular formula is C21H25N3OS. The van der Waals surface area contributed by atoms with E-state index in [1.54, 1.807) is 7.11 Å². The smallest absolute Gasteiger partial charge is 0.170 e. The van der Waals surface area contributed by atoms with Gasteiger partial charge in [0.2, 0.25) is 0 Å². The molecule has 136 valence electrons. The number of benzene rings is 2. The van der Waals surface area contributed by atoms with Crippen LogP contribution in [0.5, 0.6) is 5.75 Å². The van der Waals surface area contributed by atoms with Crippen molar-refractivity contribution in [1.82, 2.24) is 10.3 Å². The molecule has 0 aliphatic heterocycles. The first-order chi connectivity index (χ1) is 12.5. The van der Waals surface area contributed by atoms with E-state index >= 15 is 0 Å². The number of hydrogen-bond donors (Lipinski definition) is 3. The highest BCUT2D eigenvalue weighted by atomic mass is 32.1. The summed E-state index contributed by atoms with van der Waals surface area (Å²) in [5, 5.41) is 8.44. The second-order valence-corrected chi connectivity index (χ2v) is 7.00. The summed E-state index contributed by atoms with van der Waals surface area (Å²) in [6.45, 7) is 7.04. The summed E-state index contributed by atoms with van der Waals surface area (Å²) in [5.41, 5.74) is 7.09. The van der Waals surface area contributed by atoms with Crippen molar-refractivity contribution in [3.63, 3.8) is 0 Å². The van der Waals surface area contributed by atoms with Crippen LogP contribution < -0.4 is 15.4 Å². The predicted molar refractivity (Wildman–Crippen MR) is 113 cm³/mol. The SMILES string of the molecule is COc1ccc2[nH]c(C)c(CCNC(=S)Nc3ccc(C)cc3C)c2c1. The second-order valence-electron chi connectivity index (χ2n) is 6.59. The normalized spacial score (nSPS) is 10.8. The maximum Gasteiger partial charge on any atom is 0.170 e. The number of aromatic nitrogens is 1. The first-order valence-corrected chi connectivity index (χ1v) is 9.16. The first kappa shape index (κ1) is 18.3. The van der Waals surface area contributed by atoms with Gasteiger partial charge in [-0.25, -0.2) is 0 Å². The Labute approximate surface area is 160 Å². The number of aryl methyl sites for hydroxylation is 3. The molecule has 4 nitrogen and oxygen atoms in total. The lowest BCUT2D eigenvalue weighted by molar-refractivity contribution is 0.415. The van der Waals surface area contributed by atoms with E-state index in [0.717, 1.165) is 29.9 Å². The molecule has 0 atom stereocenters. The fraction of sp³-hybridized carbons (Fsp3) is 0.286. The van der Waals surface area contributed by atoms with Crippen LogP contribution in [-0.4, -0.2) is 23.8 Å². The zero-order chi connectivity index (χ0) is 18.7. The van der Waals surface area contributed by atoms with Gasteiger partial charge in [-0.15, -0.1) is 0 Å². The van der Waals surface area contributed by atoms with E-state index < -0.39 is 0 Å². The van der Waals surface area contributed by atoms with Crippen LogP contribution in [0.4, 0.5) is 5.69 Å². The summed E-state index contributed by atoms with van der Waals surface area (Å²) in [6, 6.07) is 12.4. The molecule has 0 saturated carbocycles. The molecule has 0 saturated heterocycles. The minimum Gasteiger partial charge on any atom is -0.497 e. The van der Waals surface area contributed by atoms with Gasteiger partial charge < -0.3 is 20.4 Å². The van der Waals surface area contributed by atoms with Crippen LogP contribution in [0.2, 0.25) is 0 Å². The third-order valence-electron chi connectivity index (χ3n) is 4.62. The summed E-state index contributed by atoms with van der Waals surface area (Å²) in [4.78, 5) is 3.44. The zero-order valence-corrected chi connectivity index (χ0v) is 16.5. The van der Waals surface area contributed by atoms with E-state index in [1.165, 1.54) is 27.8 Å². The highest BCUT2D eigenvalue weighted by Gasteiger charge is 2.10. The molecule has 0 aliphatic carbocycles. The largest absolute Gasteiger partial charge is 0.497 e. The van der Waals surface area contributed by atoms with Crippen LogP contribution >= 0.6 is 12.2 Å². The van der Waals surface area contributed by atoms with Crippen LogP contribution in [0.1, 0.15) is 22.4 Å². The summed E-state index contributed by atoms with van der Waals surface area (Å²) >= 11 is 5.44. The highest BCUT2D eigenvalue weighted by molar-refractivity contribution is 7.80. The van der Waals surface area contributed by atoms with E-state index in [-0.39, 0.29) is 0 Å². The number of thiocarbonyl (C=S) groups is 1. The summed E-state index contributed by atoms with van der Waals surface area (Å²) in [7, 11) is 1.69. The summed E-state index contributed by atoms with van der Waals surface area (Å²) < 4.78 is 5.35. The van der Waals surface area contributed by atoms with Crippen molar-refractivity contribution in [2.24, 2.45) is 0 Å². The van der Waals surface area contributed by atoms with Crippen LogP contribution in [0.15, 0.2) is 36.4 Å². The number of methoxy groups -OCH3 is 1. The average molecular weight is 368 g/mol. The van der Waals surface area contributed by atoms with Crippen LogP contribution in [0.3, 0.4) is 0 Å². The first-order valence-electron chi connectivity index (χ1n) is 8.75. The Morgan fingerprint density at radius 2 is 1.92 bits per heavy atom. The lowest BCUT2D eigenvalue weighted by atomic mass is 10.1. The number of anilines is 1. The zero-order valence-electron chi connectivity index (χ0n) is 15.7. The molecule has 3 aromatic rings. The van der Waals surface area contributed by atoms with Crippen LogP contribution in [-0.2, 0) is 6.42 Å². The Balaban J connectivity index is 1.63. The number of nitrogens with one attached hydrogen (secondary N) is 3. The van der Waals surface area contributed by atoms with Gasteiger partial charge in [0.1, 0.15) is 5.75 Å². The molecule has 1 heterocycles. The molecule has 0 bridgehead atoms. The van der Waals surface area contributed by atoms with Crippen molar-refractivity contribution < 1.29 is 4.74 Å². The number of hydrogen-bond acceptors (Lipinski definition) is 2. The molecule has 3 rings (SSSR count). The average Bonchev–Trinajstić information content (AvgIpc) is 2.92. The van der Waals surface area contributed by atoms with E-state index in [4.69, 9.17) is 17.0 Å². The summed E-state index contributed by atoms with van der Waals surface area (Å²) in [6.07, 6.45) is 0.883. The fourth-order valence-corrected chi connectivity index (χ4v) is 3.44. The molecule has 2 aromatic carbocycles. The molecule has 0 amide bonds. The molecule has 0 aliphatic rings. The van der Waals surface area contributed by atoms with Crippen molar-refractivity contribution in [3.05, 3.63) is 58.8 Å². The van der Waals surface area contributed by atoms with Gasteiger partial charge in [-0.1, -0.05) is 17.7 Å². The Morgan fingerprint density at radius 1 is 1.12 bits per heavy atom. The maximum atomic E-state index is 5.44. The number of H-pyrrole nitrogens is 1. The highest BCUT2D eigenvalue weighted by Crippen LogP contribution is 2.26. The standard InChI is InChI=1S/C21H25N3OS/c1-13-5-7-19(14(2)11-13)24-21(26)22-10-9-17-15(3)23-20-8-6-16(25-4)12-18(17)20/h5-8,11-12,23H,9-10H2,1-4H3,(H2,22,24,26). The van der Waals surface area contributed by atoms with Gasteiger partial charge in [0.25, 0.3) is 0 Å². The monoisotopic (exact) mass is 367 g/mol. The van der Waals surface area contributed by atoms with Crippen LogP contribution in [0, 0.1) is 20.8 Å². The van der Waals surface area contributed by atoms with Gasteiger partial charge in [-0.3, -0.25) is 0 Å². The minimum atomic E-state index is 0.645. The molecule has 0 fully saturated rings. The third-order valence-corrected chi connectivity index (χ3v) is 4.86. The van der Waals surface area contributed by atoms with Gasteiger partial charge in [0, 0.05) is 28.8 Å². The number of fused-ring (bicyclic) bond motifs is 1. The lowest BCUT2D eigenvalue weighted by Crippen LogP contribution is -2.30. The van der Waals surface area contributed by atoms with Crippen LogP contribution in [0.25, 0.3) is 10.9 Å². The summed E-state index contributed by atoms with van der Waals surface area (Å²) in [5.74, 6) is 0.873. The molecule has 5 heteroatoms. The predicted octanol–water partition coefficient (Wildman–Crippen LogP) is 4.63. The van der Waals surface area contributed by atoms with E-state index in [1.807, 2.05) is 6.07 Å². The van der Waals surface area contributed by atoms with Crippen molar-refractivity contribution in [1.29, 1.82) is 0 Å². The Kier molecular flexibility index (Phi) is 5.47. The van der Waals surface area contributed by atoms with Crippen molar-refractivity contribution in [2.45, 2.75) is 27.2 Å². The van der Waals surface area contributed by atoms with Gasteiger partial charge in [-0.05, 0) is 74.8 Å². The molecular weight excluding hydrogens is 342 g/mol. The molecule has 26 heavy (non-hydrogen) atoms. The molecule has 0 spiro atoms. The Hall–Kier alpha value is -2.53. The minimum absolute atomic E-state index is 0.645. The Bertz CT molecular complexity index is 946. The Morgan fingerprint density at radius 3 is 2.65 bits per heavy atom. The number of aromatic amines is 1. The van der Waals surface area contributed by atoms with Crippen molar-refractivity contribution in [3.8, 4) is 5.75 Å². The molecule has 1 aromatic heterocycles. The number of ether oxygens (including phenoxy) is 1. The van der Waals surface area contributed by atoms with Crippen molar-refractivity contribution in [2.75, 3.05) is 19.0 Å². The van der Waals surface area contributed by atoms with Gasteiger partial charge in [0.05, 0.1) is 7.11 Å². The number of rotatable bonds is 5. The fourth-order valence-electron chi connectivity index (χ4n) is 3.23. The molecule has 0 unspecified atom stereocenters. The van der Waals surface area contributed by atoms with Gasteiger partial charge >= 0.3 is 0 Å². The third kappa shape index (κ3) is 3.99.